The number of ether oxygens (including phenoxy) is 2. The Hall–Kier alpha value is -10.5. The first-order valence-corrected chi connectivity index (χ1v) is 34.4. The average molecular weight is 1200 g/mol. The van der Waals surface area contributed by atoms with Crippen molar-refractivity contribution in [3.05, 3.63) is 443 Å². The molecule has 0 saturated heterocycles. The van der Waals surface area contributed by atoms with Gasteiger partial charge in [0.2, 0.25) is 0 Å². The fourth-order valence-corrected chi connectivity index (χ4v) is 23.3. The number of methoxy groups -OCH3 is 2. The quantitative estimate of drug-likeness (QED) is 0.172. The molecule has 18 aliphatic carbocycles. The van der Waals surface area contributed by atoms with Gasteiger partial charge < -0.3 is 9.47 Å². The van der Waals surface area contributed by atoms with Crippen molar-refractivity contribution in [2.45, 2.75) is 71.0 Å². The van der Waals surface area contributed by atoms with Crippen molar-refractivity contribution >= 4 is 0 Å². The Bertz CT molecular complexity index is 5390. The van der Waals surface area contributed by atoms with Crippen molar-refractivity contribution in [2.75, 3.05) is 14.2 Å². The molecule has 0 aromatic heterocycles. The molecule has 2 heteroatoms. The predicted octanol–water partition coefficient (Wildman–Crippen LogP) is 19.6. The zero-order valence-corrected chi connectivity index (χ0v) is 51.8. The van der Waals surface area contributed by atoms with Gasteiger partial charge >= 0.3 is 0 Å². The molecule has 13 aromatic carbocycles. The third kappa shape index (κ3) is 5.37. The van der Waals surface area contributed by atoms with E-state index in [0.717, 1.165) is 11.5 Å². The Morgan fingerprint density at radius 2 is 0.255 bits per heavy atom. The van der Waals surface area contributed by atoms with E-state index >= 15 is 0 Å². The fraction of sp³-hybridized carbons (Fsp3) is 0.152. The van der Waals surface area contributed by atoms with Gasteiger partial charge in [-0.05, 0) is 178 Å². The summed E-state index contributed by atoms with van der Waals surface area (Å²) in [6.07, 6.45) is 0. The highest BCUT2D eigenvalue weighted by atomic mass is 16.5. The Labute approximate surface area is 545 Å². The van der Waals surface area contributed by atoms with Gasteiger partial charge in [0.25, 0.3) is 0 Å². The second-order valence-electron chi connectivity index (χ2n) is 29.4. The lowest BCUT2D eigenvalue weighted by molar-refractivity contribution is 0.376. The summed E-state index contributed by atoms with van der Waals surface area (Å²) >= 11 is 0. The first-order chi connectivity index (χ1) is 46.6. The van der Waals surface area contributed by atoms with Crippen LogP contribution < -0.4 is 9.47 Å². The largest absolute Gasteiger partial charge is 0.496 e. The van der Waals surface area contributed by atoms with Gasteiger partial charge in [-0.2, -0.15) is 0 Å². The van der Waals surface area contributed by atoms with E-state index in [0.29, 0.717) is 0 Å². The van der Waals surface area contributed by atoms with Crippen molar-refractivity contribution in [2.24, 2.45) is 0 Å². The molecule has 0 aliphatic heterocycles. The lowest BCUT2D eigenvalue weighted by atomic mass is 9.53. The highest BCUT2D eigenvalue weighted by molar-refractivity contribution is 5.85. The Morgan fingerprint density at radius 1 is 0.149 bits per heavy atom. The van der Waals surface area contributed by atoms with Crippen LogP contribution in [0.2, 0.25) is 0 Å². The van der Waals surface area contributed by atoms with E-state index in [1.807, 2.05) is 14.2 Å². The summed E-state index contributed by atoms with van der Waals surface area (Å²) in [6, 6.07) is 96.9. The molecule has 0 amide bonds. The van der Waals surface area contributed by atoms with Crippen LogP contribution in [0.25, 0.3) is 0 Å². The van der Waals surface area contributed by atoms with Gasteiger partial charge in [0, 0.05) is 93.3 Å². The van der Waals surface area contributed by atoms with Gasteiger partial charge in [0.05, 0.1) is 14.2 Å². The third-order valence-corrected chi connectivity index (χ3v) is 26.2. The molecule has 13 aromatic rings. The van der Waals surface area contributed by atoms with Gasteiger partial charge in [0.1, 0.15) is 11.5 Å². The monoisotopic (exact) mass is 1190 g/mol. The maximum atomic E-state index is 7.03. The van der Waals surface area contributed by atoms with Crippen LogP contribution >= 0.6 is 0 Å². The van der Waals surface area contributed by atoms with Crippen LogP contribution in [0, 0.1) is 0 Å². The van der Waals surface area contributed by atoms with Gasteiger partial charge in [-0.15, -0.1) is 0 Å². The van der Waals surface area contributed by atoms with Crippen molar-refractivity contribution in [1.29, 1.82) is 0 Å². The highest BCUT2D eigenvalue weighted by Gasteiger charge is 2.56. The maximum absolute atomic E-state index is 7.03. The summed E-state index contributed by atoms with van der Waals surface area (Å²) in [5.74, 6) is 3.30. The van der Waals surface area contributed by atoms with Crippen LogP contribution in [-0.4, -0.2) is 14.2 Å². The van der Waals surface area contributed by atoms with Crippen LogP contribution in [0.3, 0.4) is 0 Å². The molecule has 0 heterocycles. The molecule has 0 saturated carbocycles. The SMILES string of the molecule is COc1c2c(c(OC)c3c1C1c4ccccc4C3c3cc4c(cc31)C1c3ccccc3C4c3cc4c(cc31)C1c3ccccc3C4c3cc4c(cc31)C1c3ccccc3C4c3cc4c(cc31)C1c3ccccc3C4c3ccccc31)C1c3ccccc3C2c2ccccc21. The fourth-order valence-electron chi connectivity index (χ4n) is 23.3. The molecule has 12 bridgehead atoms. The van der Waals surface area contributed by atoms with E-state index < -0.39 is 0 Å². The zero-order chi connectivity index (χ0) is 60.6. The molecule has 8 atom stereocenters. The molecule has 0 N–H and O–H groups in total. The van der Waals surface area contributed by atoms with Gasteiger partial charge in [-0.1, -0.05) is 243 Å². The minimum Gasteiger partial charge on any atom is -0.496 e. The lowest BCUT2D eigenvalue weighted by Gasteiger charge is -2.50. The van der Waals surface area contributed by atoms with Crippen molar-refractivity contribution < 1.29 is 9.47 Å². The summed E-state index contributed by atoms with van der Waals surface area (Å²) in [5, 5.41) is 0. The lowest BCUT2D eigenvalue weighted by Crippen LogP contribution is -2.35. The summed E-state index contributed by atoms with van der Waals surface area (Å²) < 4.78 is 14.1. The number of hydrogen-bond donors (Lipinski definition) is 0. The molecule has 18 aliphatic rings. The third-order valence-electron chi connectivity index (χ3n) is 26.2. The number of benzene rings is 13. The summed E-state index contributed by atoms with van der Waals surface area (Å²) in [7, 11) is 3.87. The molecule has 94 heavy (non-hydrogen) atoms. The molecular formula is C92H58O2. The first-order valence-electron chi connectivity index (χ1n) is 34.4. The molecule has 31 rings (SSSR count). The zero-order valence-electron chi connectivity index (χ0n) is 51.8. The van der Waals surface area contributed by atoms with E-state index in [-0.39, 0.29) is 71.0 Å². The van der Waals surface area contributed by atoms with Crippen LogP contribution in [0.15, 0.2) is 243 Å². The van der Waals surface area contributed by atoms with E-state index in [1.165, 1.54) is 200 Å². The molecule has 2 nitrogen and oxygen atoms in total. The summed E-state index contributed by atoms with van der Waals surface area (Å²) in [4.78, 5) is 0. The molecule has 0 radical (unpaired) electrons. The summed E-state index contributed by atoms with van der Waals surface area (Å²) in [5.41, 5.74) is 52.2. The second kappa shape index (κ2) is 16.6. The van der Waals surface area contributed by atoms with Gasteiger partial charge in [0.15, 0.2) is 0 Å². The molecule has 8 unspecified atom stereocenters. The Balaban J connectivity index is 0.681. The van der Waals surface area contributed by atoms with Crippen LogP contribution in [0.5, 0.6) is 11.5 Å². The van der Waals surface area contributed by atoms with E-state index in [2.05, 4.69) is 243 Å². The van der Waals surface area contributed by atoms with E-state index in [9.17, 15) is 0 Å². The number of hydrogen-bond acceptors (Lipinski definition) is 2. The minimum absolute atomic E-state index is 0.0341. The maximum Gasteiger partial charge on any atom is 0.128 e. The van der Waals surface area contributed by atoms with Crippen LogP contribution in [0.1, 0.15) is 271 Å². The van der Waals surface area contributed by atoms with Crippen LogP contribution in [-0.2, 0) is 0 Å². The van der Waals surface area contributed by atoms with Crippen molar-refractivity contribution in [3.63, 3.8) is 0 Å². The normalized spacial score (nSPS) is 24.7. The second-order valence-corrected chi connectivity index (χ2v) is 29.4. The summed E-state index contributed by atoms with van der Waals surface area (Å²) in [6.45, 7) is 0. The highest BCUT2D eigenvalue weighted by Crippen LogP contribution is 2.71. The standard InChI is InChI=1S/C92H58O2/c1-93-91-87-83-53-29-13-15-31-55(53)84(56-32-16-14-30-54(56)83)88(87)92(94-2)90-86-58-34-18-17-33-57(58)85(89(90)91)73-41-71-72(42-74(73)86)82-52-28-12-11-27-51(52)81(71)69-39-67-68(40-70(69)82)80-50-26-10-9-25-49(50)79(67)65-37-63-64(38-66(65)80)78-48-24-8-7-23-47(48)77(63)61-35-59-60(36-62(61)78)76-45-21-5-3-19-43(45)75(59)44-20-4-6-22-46(44)76/h3-42,75-86H,1-2H3. The first kappa shape index (κ1) is 49.1. The van der Waals surface area contributed by atoms with E-state index in [1.54, 1.807) is 0 Å². The smallest absolute Gasteiger partial charge is 0.128 e. The molecule has 0 fully saturated rings. The van der Waals surface area contributed by atoms with Crippen LogP contribution in [0.4, 0.5) is 0 Å². The average Bonchev–Trinajstić information content (AvgIpc) is 0.668. The predicted molar refractivity (Wildman–Crippen MR) is 368 cm³/mol. The van der Waals surface area contributed by atoms with Crippen molar-refractivity contribution in [1.82, 2.24) is 0 Å². The topological polar surface area (TPSA) is 18.5 Å². The molecular weight excluding hydrogens is 1140 g/mol. The number of rotatable bonds is 2. The Kier molecular flexibility index (Phi) is 8.69. The van der Waals surface area contributed by atoms with Gasteiger partial charge in [-0.25, -0.2) is 0 Å². The Morgan fingerprint density at radius 3 is 0.394 bits per heavy atom. The minimum atomic E-state index is -0.0341. The van der Waals surface area contributed by atoms with Crippen molar-refractivity contribution in [3.8, 4) is 11.5 Å². The van der Waals surface area contributed by atoms with Gasteiger partial charge in [-0.3, -0.25) is 0 Å². The molecule has 0 spiro atoms. The van der Waals surface area contributed by atoms with E-state index in [4.69, 9.17) is 9.47 Å². The molecule has 438 valence electrons.